The largest absolute Gasteiger partial charge is 0.477 e. The molecular formula is C22H31N5O2. The van der Waals surface area contributed by atoms with E-state index in [1.807, 2.05) is 13.1 Å². The standard InChI is InChI=1S/C22H31N5O2/c1-23-18-4-2-17(3-5-18)16-29-21-10-11-24-22(26-21)25-19-6-8-20(9-7-19)27-12-14-28-15-13-27/h6-11,17-18,23H,2-5,12-16H2,1H3,(H,24,25,26). The molecule has 0 amide bonds. The van der Waals surface area contributed by atoms with Gasteiger partial charge >= 0.3 is 0 Å². The molecule has 156 valence electrons. The van der Waals surface area contributed by atoms with Crippen LogP contribution in [0.3, 0.4) is 0 Å². The Kier molecular flexibility index (Phi) is 6.79. The maximum Gasteiger partial charge on any atom is 0.230 e. The number of anilines is 3. The van der Waals surface area contributed by atoms with Crippen LogP contribution in [0.25, 0.3) is 0 Å². The van der Waals surface area contributed by atoms with Gasteiger partial charge in [-0.2, -0.15) is 4.98 Å². The van der Waals surface area contributed by atoms with E-state index >= 15 is 0 Å². The number of hydrogen-bond acceptors (Lipinski definition) is 7. The van der Waals surface area contributed by atoms with Gasteiger partial charge in [-0.1, -0.05) is 0 Å². The van der Waals surface area contributed by atoms with Crippen molar-refractivity contribution >= 4 is 17.3 Å². The lowest BCUT2D eigenvalue weighted by molar-refractivity contribution is 0.122. The van der Waals surface area contributed by atoms with Crippen LogP contribution in [0.5, 0.6) is 5.88 Å². The number of rotatable bonds is 7. The van der Waals surface area contributed by atoms with E-state index in [4.69, 9.17) is 9.47 Å². The van der Waals surface area contributed by atoms with Gasteiger partial charge in [-0.15, -0.1) is 0 Å². The van der Waals surface area contributed by atoms with Crippen molar-refractivity contribution in [1.82, 2.24) is 15.3 Å². The highest BCUT2D eigenvalue weighted by atomic mass is 16.5. The molecule has 2 aliphatic rings. The molecule has 0 atom stereocenters. The number of benzene rings is 1. The van der Waals surface area contributed by atoms with Crippen molar-refractivity contribution in [3.8, 4) is 5.88 Å². The molecule has 0 radical (unpaired) electrons. The predicted molar refractivity (Wildman–Crippen MR) is 115 cm³/mol. The van der Waals surface area contributed by atoms with Crippen molar-refractivity contribution in [2.75, 3.05) is 50.2 Å². The molecule has 1 saturated carbocycles. The fourth-order valence-corrected chi connectivity index (χ4v) is 4.01. The summed E-state index contributed by atoms with van der Waals surface area (Å²) >= 11 is 0. The zero-order valence-corrected chi connectivity index (χ0v) is 17.1. The van der Waals surface area contributed by atoms with Gasteiger partial charge in [-0.25, -0.2) is 4.98 Å². The highest BCUT2D eigenvalue weighted by Gasteiger charge is 2.20. The van der Waals surface area contributed by atoms with E-state index in [0.717, 1.165) is 38.6 Å². The van der Waals surface area contributed by atoms with Crippen LogP contribution in [0, 0.1) is 5.92 Å². The molecule has 0 bridgehead atoms. The highest BCUT2D eigenvalue weighted by molar-refractivity contribution is 5.59. The van der Waals surface area contributed by atoms with Crippen LogP contribution in [-0.4, -0.2) is 56.0 Å². The summed E-state index contributed by atoms with van der Waals surface area (Å²) in [5.74, 6) is 1.79. The lowest BCUT2D eigenvalue weighted by Gasteiger charge is -2.28. The third kappa shape index (κ3) is 5.58. The Balaban J connectivity index is 1.29. The van der Waals surface area contributed by atoms with E-state index in [-0.39, 0.29) is 0 Å². The molecule has 1 aromatic carbocycles. The summed E-state index contributed by atoms with van der Waals surface area (Å²) in [7, 11) is 2.05. The molecule has 1 aliphatic carbocycles. The summed E-state index contributed by atoms with van der Waals surface area (Å²) < 4.78 is 11.4. The maximum atomic E-state index is 5.96. The van der Waals surface area contributed by atoms with E-state index < -0.39 is 0 Å². The number of nitrogens with one attached hydrogen (secondary N) is 2. The quantitative estimate of drug-likeness (QED) is 0.743. The Labute approximate surface area is 172 Å². The Bertz CT molecular complexity index is 756. The van der Waals surface area contributed by atoms with Gasteiger partial charge in [0.25, 0.3) is 0 Å². The van der Waals surface area contributed by atoms with Crippen molar-refractivity contribution in [2.45, 2.75) is 31.7 Å². The molecule has 2 fully saturated rings. The van der Waals surface area contributed by atoms with E-state index in [1.54, 1.807) is 6.20 Å². The van der Waals surface area contributed by atoms with Gasteiger partial charge in [-0.3, -0.25) is 0 Å². The average Bonchev–Trinajstić information content (AvgIpc) is 2.79. The first kappa shape index (κ1) is 19.9. The molecule has 29 heavy (non-hydrogen) atoms. The van der Waals surface area contributed by atoms with Gasteiger partial charge in [0.15, 0.2) is 0 Å². The number of ether oxygens (including phenoxy) is 2. The molecule has 4 rings (SSSR count). The van der Waals surface area contributed by atoms with Crippen LogP contribution in [0.2, 0.25) is 0 Å². The molecule has 7 heteroatoms. The van der Waals surface area contributed by atoms with Crippen molar-refractivity contribution in [3.05, 3.63) is 36.5 Å². The van der Waals surface area contributed by atoms with Crippen LogP contribution < -0.4 is 20.3 Å². The Morgan fingerprint density at radius 2 is 1.83 bits per heavy atom. The van der Waals surface area contributed by atoms with Crippen molar-refractivity contribution < 1.29 is 9.47 Å². The van der Waals surface area contributed by atoms with E-state index in [1.165, 1.54) is 31.4 Å². The Morgan fingerprint density at radius 1 is 1.07 bits per heavy atom. The number of morpholine rings is 1. The molecule has 7 nitrogen and oxygen atoms in total. The lowest BCUT2D eigenvalue weighted by atomic mass is 9.87. The van der Waals surface area contributed by atoms with Crippen molar-refractivity contribution in [1.29, 1.82) is 0 Å². The smallest absolute Gasteiger partial charge is 0.230 e. The lowest BCUT2D eigenvalue weighted by Crippen LogP contribution is -2.36. The first-order chi connectivity index (χ1) is 14.3. The Morgan fingerprint density at radius 3 is 2.55 bits per heavy atom. The van der Waals surface area contributed by atoms with Gasteiger partial charge in [0.2, 0.25) is 11.8 Å². The van der Waals surface area contributed by atoms with Crippen LogP contribution in [0.1, 0.15) is 25.7 Å². The second-order valence-electron chi connectivity index (χ2n) is 7.81. The molecule has 0 spiro atoms. The minimum absolute atomic E-state index is 0.556. The summed E-state index contributed by atoms with van der Waals surface area (Å²) in [5.41, 5.74) is 2.18. The highest BCUT2D eigenvalue weighted by Crippen LogP contribution is 2.25. The van der Waals surface area contributed by atoms with Crippen molar-refractivity contribution in [2.24, 2.45) is 5.92 Å². The fourth-order valence-electron chi connectivity index (χ4n) is 4.01. The molecular weight excluding hydrogens is 366 g/mol. The van der Waals surface area contributed by atoms with Gasteiger partial charge in [-0.05, 0) is 62.9 Å². The van der Waals surface area contributed by atoms with E-state index in [0.29, 0.717) is 23.8 Å². The summed E-state index contributed by atoms with van der Waals surface area (Å²) in [6, 6.07) is 10.8. The zero-order chi connectivity index (χ0) is 19.9. The van der Waals surface area contributed by atoms with Crippen LogP contribution >= 0.6 is 0 Å². The minimum Gasteiger partial charge on any atom is -0.477 e. The van der Waals surface area contributed by atoms with Gasteiger partial charge in [0, 0.05) is 42.8 Å². The zero-order valence-electron chi connectivity index (χ0n) is 17.1. The third-order valence-corrected chi connectivity index (χ3v) is 5.85. The summed E-state index contributed by atoms with van der Waals surface area (Å²) in [6.07, 6.45) is 6.60. The van der Waals surface area contributed by atoms with Crippen molar-refractivity contribution in [3.63, 3.8) is 0 Å². The van der Waals surface area contributed by atoms with Gasteiger partial charge < -0.3 is 25.0 Å². The minimum atomic E-state index is 0.556. The second-order valence-corrected chi connectivity index (χ2v) is 7.81. The van der Waals surface area contributed by atoms with Gasteiger partial charge in [0.1, 0.15) is 0 Å². The van der Waals surface area contributed by atoms with Crippen LogP contribution in [0.4, 0.5) is 17.3 Å². The monoisotopic (exact) mass is 397 g/mol. The third-order valence-electron chi connectivity index (χ3n) is 5.85. The SMILES string of the molecule is CNC1CCC(COc2ccnc(Nc3ccc(N4CCOCC4)cc3)n2)CC1. The van der Waals surface area contributed by atoms with Crippen LogP contribution in [0.15, 0.2) is 36.5 Å². The molecule has 1 aliphatic heterocycles. The van der Waals surface area contributed by atoms with Crippen LogP contribution in [-0.2, 0) is 4.74 Å². The summed E-state index contributed by atoms with van der Waals surface area (Å²) in [5, 5.41) is 6.65. The topological polar surface area (TPSA) is 71.5 Å². The first-order valence-electron chi connectivity index (χ1n) is 10.6. The number of aromatic nitrogens is 2. The van der Waals surface area contributed by atoms with E-state index in [2.05, 4.69) is 49.8 Å². The molecule has 0 unspecified atom stereocenters. The van der Waals surface area contributed by atoms with Gasteiger partial charge in [0.05, 0.1) is 19.8 Å². The number of hydrogen-bond donors (Lipinski definition) is 2. The molecule has 2 N–H and O–H groups in total. The number of nitrogens with zero attached hydrogens (tertiary/aromatic N) is 3. The average molecular weight is 398 g/mol. The second kappa shape index (κ2) is 9.89. The Hall–Kier alpha value is -2.38. The molecule has 2 aromatic rings. The first-order valence-corrected chi connectivity index (χ1v) is 10.6. The molecule has 2 heterocycles. The van der Waals surface area contributed by atoms with E-state index in [9.17, 15) is 0 Å². The molecule has 1 saturated heterocycles. The summed E-state index contributed by atoms with van der Waals surface area (Å²) in [6.45, 7) is 4.17. The summed E-state index contributed by atoms with van der Waals surface area (Å²) in [4.78, 5) is 11.2. The molecule has 1 aromatic heterocycles. The maximum absolute atomic E-state index is 5.96. The fraction of sp³-hybridized carbons (Fsp3) is 0.545. The normalized spacial score (nSPS) is 22.3. The predicted octanol–water partition coefficient (Wildman–Crippen LogP) is 3.21.